The van der Waals surface area contributed by atoms with E-state index in [4.69, 9.17) is 23.2 Å². The fourth-order valence-corrected chi connectivity index (χ4v) is 4.00. The van der Waals surface area contributed by atoms with Crippen LogP contribution in [0.15, 0.2) is 18.2 Å². The highest BCUT2D eigenvalue weighted by atomic mass is 35.5. The van der Waals surface area contributed by atoms with Gasteiger partial charge in [-0.25, -0.2) is 0 Å². The van der Waals surface area contributed by atoms with Crippen LogP contribution in [0.25, 0.3) is 0 Å². The van der Waals surface area contributed by atoms with Gasteiger partial charge in [-0.2, -0.15) is 0 Å². The monoisotopic (exact) mass is 386 g/mol. The molecule has 2 unspecified atom stereocenters. The van der Waals surface area contributed by atoms with Crippen LogP contribution in [0, 0.1) is 5.92 Å². The van der Waals surface area contributed by atoms with Gasteiger partial charge in [-0.15, -0.1) is 8.86 Å². The normalized spacial score (nSPS) is 15.1. The van der Waals surface area contributed by atoms with E-state index >= 15 is 0 Å². The summed E-state index contributed by atoms with van der Waals surface area (Å²) in [6, 6.07) is 6.03. The van der Waals surface area contributed by atoms with Crippen molar-refractivity contribution in [2.24, 2.45) is 5.92 Å². The van der Waals surface area contributed by atoms with E-state index in [0.29, 0.717) is 10.0 Å². The van der Waals surface area contributed by atoms with E-state index in [1.54, 1.807) is 0 Å². The van der Waals surface area contributed by atoms with Crippen molar-refractivity contribution in [3.05, 3.63) is 33.8 Å². The standard InChI is InChI=1S/C21H33Cl2P/c1-5-10-17(6-2)11-8-7-9-14-21(4,16(3)24)18-12-13-19(22)20(23)15-18/h12-13,15,17,24H,5-11,14H2,1-4H3. The van der Waals surface area contributed by atoms with Crippen molar-refractivity contribution in [2.45, 2.75) is 84.5 Å². The Morgan fingerprint density at radius 1 is 1.08 bits per heavy atom. The molecule has 0 saturated heterocycles. The molecule has 0 bridgehead atoms. The summed E-state index contributed by atoms with van der Waals surface area (Å²) in [6.07, 6.45) is 10.4. The van der Waals surface area contributed by atoms with Crippen LogP contribution < -0.4 is 0 Å². The molecule has 0 saturated carbocycles. The van der Waals surface area contributed by atoms with Gasteiger partial charge in [0.25, 0.3) is 0 Å². The Labute approximate surface area is 161 Å². The first-order valence-electron chi connectivity index (χ1n) is 9.36. The Balaban J connectivity index is 2.60. The first kappa shape index (κ1) is 22.0. The lowest BCUT2D eigenvalue weighted by Gasteiger charge is -2.31. The van der Waals surface area contributed by atoms with Crippen LogP contribution in [0.4, 0.5) is 0 Å². The maximum absolute atomic E-state index is 6.23. The van der Waals surface area contributed by atoms with E-state index in [1.807, 2.05) is 12.1 Å². The molecule has 136 valence electrons. The van der Waals surface area contributed by atoms with E-state index in [9.17, 15) is 0 Å². The molecule has 0 N–H and O–H groups in total. The van der Waals surface area contributed by atoms with Crippen molar-refractivity contribution in [3.63, 3.8) is 0 Å². The highest BCUT2D eigenvalue weighted by Gasteiger charge is 2.28. The molecule has 0 amide bonds. The van der Waals surface area contributed by atoms with Crippen LogP contribution in [-0.2, 0) is 5.41 Å². The van der Waals surface area contributed by atoms with E-state index in [0.717, 1.165) is 12.3 Å². The van der Waals surface area contributed by atoms with Crippen LogP contribution in [0.3, 0.4) is 0 Å². The van der Waals surface area contributed by atoms with Crippen molar-refractivity contribution < 1.29 is 0 Å². The second kappa shape index (κ2) is 10.8. The van der Waals surface area contributed by atoms with E-state index in [-0.39, 0.29) is 5.41 Å². The Morgan fingerprint density at radius 2 is 1.79 bits per heavy atom. The van der Waals surface area contributed by atoms with Gasteiger partial charge < -0.3 is 0 Å². The fraction of sp³-hybridized carbons (Fsp3) is 0.667. The van der Waals surface area contributed by atoms with E-state index in [1.165, 1.54) is 55.8 Å². The third-order valence-electron chi connectivity index (χ3n) is 5.45. The summed E-state index contributed by atoms with van der Waals surface area (Å²) in [4.78, 5) is 0. The molecule has 0 aliphatic heterocycles. The lowest BCUT2D eigenvalue weighted by molar-refractivity contribution is 0.403. The van der Waals surface area contributed by atoms with E-state index in [2.05, 4.69) is 42.6 Å². The van der Waals surface area contributed by atoms with Gasteiger partial charge in [0.15, 0.2) is 0 Å². The number of halogens is 2. The minimum atomic E-state index is -0.00130. The van der Waals surface area contributed by atoms with Gasteiger partial charge in [0.1, 0.15) is 0 Å². The highest BCUT2D eigenvalue weighted by Crippen LogP contribution is 2.36. The predicted molar refractivity (Wildman–Crippen MR) is 115 cm³/mol. The molecule has 0 heterocycles. The number of unbranched alkanes of at least 4 members (excludes halogenated alkanes) is 2. The minimum Gasteiger partial charge on any atom is -0.123 e. The summed E-state index contributed by atoms with van der Waals surface area (Å²) in [5.41, 5.74) is 1.24. The first-order chi connectivity index (χ1) is 11.3. The zero-order valence-corrected chi connectivity index (χ0v) is 18.2. The van der Waals surface area contributed by atoms with Gasteiger partial charge in [-0.3, -0.25) is 0 Å². The summed E-state index contributed by atoms with van der Waals surface area (Å²) in [6.45, 7) is 9.05. The molecule has 24 heavy (non-hydrogen) atoms. The molecule has 0 aliphatic carbocycles. The summed E-state index contributed by atoms with van der Waals surface area (Å²) in [5.74, 6) is 0.917. The molecular formula is C21H33Cl2P. The predicted octanol–water partition coefficient (Wildman–Crippen LogP) is 8.36. The van der Waals surface area contributed by atoms with Crippen LogP contribution >= 0.6 is 32.1 Å². The quantitative estimate of drug-likeness (QED) is 0.264. The van der Waals surface area contributed by atoms with E-state index < -0.39 is 0 Å². The topological polar surface area (TPSA) is 0 Å². The molecule has 0 aliphatic rings. The average molecular weight is 387 g/mol. The summed E-state index contributed by atoms with van der Waals surface area (Å²) in [5, 5.41) is 2.51. The van der Waals surface area contributed by atoms with Gasteiger partial charge in [-0.1, -0.05) is 95.0 Å². The molecule has 0 spiro atoms. The zero-order valence-electron chi connectivity index (χ0n) is 15.7. The smallest absolute Gasteiger partial charge is 0.0595 e. The first-order valence-corrected chi connectivity index (χ1v) is 10.6. The third kappa shape index (κ3) is 6.36. The number of hydrogen-bond donors (Lipinski definition) is 0. The second-order valence-corrected chi connectivity index (χ2v) is 8.81. The van der Waals surface area contributed by atoms with Crippen molar-refractivity contribution in [1.29, 1.82) is 0 Å². The summed E-state index contributed by atoms with van der Waals surface area (Å²) in [7, 11) is 3.80. The third-order valence-corrected chi connectivity index (χ3v) is 6.74. The molecule has 1 aromatic rings. The molecule has 3 heteroatoms. The Morgan fingerprint density at radius 3 is 2.33 bits per heavy atom. The SMILES string of the molecule is CCCC(CC)CCCCCC(C)(C(C)=P)c1ccc(Cl)c(Cl)c1. The molecule has 0 aromatic heterocycles. The van der Waals surface area contributed by atoms with Crippen molar-refractivity contribution >= 4 is 37.4 Å². The van der Waals surface area contributed by atoms with Crippen LogP contribution in [0.2, 0.25) is 10.0 Å². The Hall–Kier alpha value is -0.0300. The fourth-order valence-electron chi connectivity index (χ4n) is 3.44. The molecule has 1 aromatic carbocycles. The number of hydrogen-bond acceptors (Lipinski definition) is 0. The van der Waals surface area contributed by atoms with Crippen LogP contribution in [0.5, 0.6) is 0 Å². The zero-order chi connectivity index (χ0) is 18.2. The molecule has 1 rings (SSSR count). The molecular weight excluding hydrogens is 354 g/mol. The van der Waals surface area contributed by atoms with Crippen LogP contribution in [-0.4, -0.2) is 5.29 Å². The second-order valence-electron chi connectivity index (χ2n) is 7.25. The highest BCUT2D eigenvalue weighted by molar-refractivity contribution is 7.21. The Kier molecular flexibility index (Phi) is 9.95. The molecule has 2 atom stereocenters. The minimum absolute atomic E-state index is 0.00130. The maximum Gasteiger partial charge on any atom is 0.0595 e. The molecule has 0 fully saturated rings. The van der Waals surface area contributed by atoms with Gasteiger partial charge in [0.2, 0.25) is 0 Å². The van der Waals surface area contributed by atoms with Gasteiger partial charge in [0.05, 0.1) is 10.0 Å². The maximum atomic E-state index is 6.23. The Bertz CT molecular complexity index is 527. The van der Waals surface area contributed by atoms with Gasteiger partial charge >= 0.3 is 0 Å². The number of benzene rings is 1. The molecule has 0 radical (unpaired) electrons. The lowest BCUT2D eigenvalue weighted by atomic mass is 9.75. The average Bonchev–Trinajstić information content (AvgIpc) is 2.55. The van der Waals surface area contributed by atoms with Gasteiger partial charge in [-0.05, 0) is 42.3 Å². The summed E-state index contributed by atoms with van der Waals surface area (Å²) >= 11 is 12.3. The van der Waals surface area contributed by atoms with Crippen molar-refractivity contribution in [1.82, 2.24) is 0 Å². The molecule has 0 nitrogen and oxygen atoms in total. The van der Waals surface area contributed by atoms with Crippen LogP contribution in [0.1, 0.15) is 84.6 Å². The summed E-state index contributed by atoms with van der Waals surface area (Å²) < 4.78 is 0. The number of rotatable bonds is 11. The lowest BCUT2D eigenvalue weighted by Crippen LogP contribution is -2.29. The largest absolute Gasteiger partial charge is 0.123 e. The van der Waals surface area contributed by atoms with Crippen molar-refractivity contribution in [3.8, 4) is 0 Å². The van der Waals surface area contributed by atoms with Gasteiger partial charge in [0, 0.05) is 5.41 Å². The van der Waals surface area contributed by atoms with Crippen molar-refractivity contribution in [2.75, 3.05) is 0 Å².